The molecule has 1 aromatic rings. The van der Waals surface area contributed by atoms with Gasteiger partial charge in [0.05, 0.1) is 6.61 Å². The van der Waals surface area contributed by atoms with Crippen molar-refractivity contribution in [1.82, 2.24) is 0 Å². The third kappa shape index (κ3) is 9.04. The lowest BCUT2D eigenvalue weighted by Crippen LogP contribution is -2.01. The predicted octanol–water partition coefficient (Wildman–Crippen LogP) is 6.74. The molecule has 0 bridgehead atoms. The largest absolute Gasteiger partial charge is 0.504 e. The van der Waals surface area contributed by atoms with E-state index in [4.69, 9.17) is 4.74 Å². The summed E-state index contributed by atoms with van der Waals surface area (Å²) in [6.45, 7) is 4.96. The summed E-state index contributed by atoms with van der Waals surface area (Å²) in [6.07, 6.45) is 16.2. The Labute approximate surface area is 154 Å². The Morgan fingerprint density at radius 2 is 1.28 bits per heavy atom. The average Bonchev–Trinajstić information content (AvgIpc) is 2.61. The zero-order chi connectivity index (χ0) is 18.3. The minimum atomic E-state index is -0.117. The Hall–Kier alpha value is -1.38. The summed E-state index contributed by atoms with van der Waals surface area (Å²) >= 11 is 0. The Bertz CT molecular complexity index is 457. The number of benzene rings is 1. The zero-order valence-corrected chi connectivity index (χ0v) is 16.4. The fraction of sp³-hybridized carbons (Fsp3) is 0.727. The number of ether oxygens (including phenoxy) is 1. The average molecular weight is 351 g/mol. The maximum Gasteiger partial charge on any atom is 0.200 e. The van der Waals surface area contributed by atoms with Crippen molar-refractivity contribution in [3.05, 3.63) is 17.7 Å². The van der Waals surface area contributed by atoms with Crippen LogP contribution in [0.15, 0.2) is 12.1 Å². The molecule has 25 heavy (non-hydrogen) atoms. The van der Waals surface area contributed by atoms with E-state index in [2.05, 4.69) is 13.8 Å². The molecule has 0 aliphatic heterocycles. The number of aryl methyl sites for hydroxylation is 1. The molecular weight excluding hydrogens is 312 g/mol. The molecule has 144 valence electrons. The molecule has 0 aliphatic rings. The minimum absolute atomic E-state index is 0.103. The first-order valence-electron chi connectivity index (χ1n) is 10.4. The Morgan fingerprint density at radius 3 is 1.84 bits per heavy atom. The highest BCUT2D eigenvalue weighted by molar-refractivity contribution is 5.54. The summed E-state index contributed by atoms with van der Waals surface area (Å²) in [5.74, 6) is 0.247. The quantitative estimate of drug-likeness (QED) is 0.272. The van der Waals surface area contributed by atoms with Crippen molar-refractivity contribution in [2.45, 2.75) is 97.3 Å². The predicted molar refractivity (Wildman–Crippen MR) is 106 cm³/mol. The van der Waals surface area contributed by atoms with Crippen molar-refractivity contribution in [2.75, 3.05) is 6.61 Å². The van der Waals surface area contributed by atoms with E-state index < -0.39 is 0 Å². The van der Waals surface area contributed by atoms with E-state index in [1.165, 1.54) is 70.3 Å². The van der Waals surface area contributed by atoms with Crippen molar-refractivity contribution in [3.63, 3.8) is 0 Å². The smallest absolute Gasteiger partial charge is 0.200 e. The van der Waals surface area contributed by atoms with Crippen LogP contribution in [-0.2, 0) is 6.42 Å². The molecule has 0 unspecified atom stereocenters. The lowest BCUT2D eigenvalue weighted by atomic mass is 10.1. The van der Waals surface area contributed by atoms with Crippen LogP contribution in [0.3, 0.4) is 0 Å². The molecule has 3 heteroatoms. The summed E-state index contributed by atoms with van der Waals surface area (Å²) in [6, 6.07) is 3.38. The fourth-order valence-electron chi connectivity index (χ4n) is 3.17. The molecule has 0 radical (unpaired) electrons. The molecular formula is C22H38O3. The zero-order valence-electron chi connectivity index (χ0n) is 16.4. The first-order valence-corrected chi connectivity index (χ1v) is 10.4. The van der Waals surface area contributed by atoms with Crippen LogP contribution in [0.2, 0.25) is 0 Å². The second kappa shape index (κ2) is 13.9. The van der Waals surface area contributed by atoms with Crippen molar-refractivity contribution >= 4 is 0 Å². The van der Waals surface area contributed by atoms with Gasteiger partial charge in [-0.25, -0.2) is 0 Å². The molecule has 1 aromatic carbocycles. The van der Waals surface area contributed by atoms with Crippen molar-refractivity contribution in [1.29, 1.82) is 0 Å². The Kier molecular flexibility index (Phi) is 12.0. The van der Waals surface area contributed by atoms with E-state index in [-0.39, 0.29) is 11.5 Å². The van der Waals surface area contributed by atoms with Crippen LogP contribution < -0.4 is 4.74 Å². The van der Waals surface area contributed by atoms with Gasteiger partial charge in [-0.05, 0) is 24.5 Å². The third-order valence-electron chi connectivity index (χ3n) is 4.71. The van der Waals surface area contributed by atoms with Gasteiger partial charge in [0.15, 0.2) is 11.5 Å². The van der Waals surface area contributed by atoms with Gasteiger partial charge in [-0.15, -0.1) is 0 Å². The lowest BCUT2D eigenvalue weighted by Gasteiger charge is -2.13. The van der Waals surface area contributed by atoms with Crippen LogP contribution >= 0.6 is 0 Å². The first-order chi connectivity index (χ1) is 12.2. The van der Waals surface area contributed by atoms with Gasteiger partial charge in [0.1, 0.15) is 0 Å². The molecule has 0 saturated heterocycles. The third-order valence-corrected chi connectivity index (χ3v) is 4.71. The highest BCUT2D eigenvalue weighted by Gasteiger charge is 2.13. The second-order valence-electron chi connectivity index (χ2n) is 7.06. The van der Waals surface area contributed by atoms with E-state index in [0.717, 1.165) is 24.8 Å². The highest BCUT2D eigenvalue weighted by Crippen LogP contribution is 2.38. The summed E-state index contributed by atoms with van der Waals surface area (Å²) < 4.78 is 5.77. The summed E-state index contributed by atoms with van der Waals surface area (Å²) in [7, 11) is 0. The van der Waals surface area contributed by atoms with Gasteiger partial charge in [0.25, 0.3) is 0 Å². The normalized spacial score (nSPS) is 11.0. The van der Waals surface area contributed by atoms with Gasteiger partial charge in [-0.3, -0.25) is 0 Å². The standard InChI is InChI=1S/C22H38O3/c1-3-5-6-7-8-9-10-11-12-13-14-18-25-22-19(15-4-2)16-17-20(23)21(22)24/h16-17,23-24H,3-15,18H2,1-2H3. The van der Waals surface area contributed by atoms with Gasteiger partial charge in [0.2, 0.25) is 5.75 Å². The second-order valence-corrected chi connectivity index (χ2v) is 7.06. The number of hydrogen-bond donors (Lipinski definition) is 2. The van der Waals surface area contributed by atoms with E-state index >= 15 is 0 Å². The monoisotopic (exact) mass is 350 g/mol. The highest BCUT2D eigenvalue weighted by atomic mass is 16.5. The molecule has 0 fully saturated rings. The van der Waals surface area contributed by atoms with Crippen LogP contribution in [0, 0.1) is 0 Å². The van der Waals surface area contributed by atoms with Crippen LogP contribution in [0.1, 0.15) is 96.5 Å². The van der Waals surface area contributed by atoms with Crippen molar-refractivity contribution in [3.8, 4) is 17.2 Å². The number of rotatable bonds is 15. The van der Waals surface area contributed by atoms with E-state index in [9.17, 15) is 10.2 Å². The van der Waals surface area contributed by atoms with Gasteiger partial charge in [-0.2, -0.15) is 0 Å². The number of unbranched alkanes of at least 4 members (excludes halogenated alkanes) is 10. The summed E-state index contributed by atoms with van der Waals surface area (Å²) in [5.41, 5.74) is 0.973. The molecule has 0 aromatic heterocycles. The molecule has 0 saturated carbocycles. The van der Waals surface area contributed by atoms with E-state index in [1.54, 1.807) is 0 Å². The SMILES string of the molecule is CCCCCCCCCCCCCOc1c(CCC)ccc(O)c1O. The molecule has 0 aliphatic carbocycles. The molecule has 0 amide bonds. The maximum atomic E-state index is 10.0. The van der Waals surface area contributed by atoms with Gasteiger partial charge >= 0.3 is 0 Å². The van der Waals surface area contributed by atoms with Gasteiger partial charge in [0, 0.05) is 0 Å². The molecule has 2 N–H and O–H groups in total. The summed E-state index contributed by atoms with van der Waals surface area (Å²) in [4.78, 5) is 0. The Morgan fingerprint density at radius 1 is 0.720 bits per heavy atom. The van der Waals surface area contributed by atoms with Crippen molar-refractivity contribution < 1.29 is 14.9 Å². The molecule has 0 spiro atoms. The molecule has 0 heterocycles. The van der Waals surface area contributed by atoms with Crippen LogP contribution in [-0.4, -0.2) is 16.8 Å². The lowest BCUT2D eigenvalue weighted by molar-refractivity contribution is 0.280. The number of hydrogen-bond acceptors (Lipinski definition) is 3. The van der Waals surface area contributed by atoms with Crippen LogP contribution in [0.25, 0.3) is 0 Å². The Balaban J connectivity index is 2.11. The molecule has 1 rings (SSSR count). The topological polar surface area (TPSA) is 49.7 Å². The molecule has 0 atom stereocenters. The summed E-state index contributed by atoms with van der Waals surface area (Å²) in [5, 5.41) is 19.7. The first kappa shape index (κ1) is 21.7. The van der Waals surface area contributed by atoms with Gasteiger partial charge in [-0.1, -0.05) is 90.5 Å². The van der Waals surface area contributed by atoms with Crippen molar-refractivity contribution in [2.24, 2.45) is 0 Å². The van der Waals surface area contributed by atoms with E-state index in [0.29, 0.717) is 12.4 Å². The number of phenolic OH excluding ortho intramolecular Hbond substituents is 2. The number of aromatic hydroxyl groups is 2. The fourth-order valence-corrected chi connectivity index (χ4v) is 3.17. The van der Waals surface area contributed by atoms with Crippen LogP contribution in [0.4, 0.5) is 0 Å². The minimum Gasteiger partial charge on any atom is -0.504 e. The van der Waals surface area contributed by atoms with Crippen LogP contribution in [0.5, 0.6) is 17.2 Å². The van der Waals surface area contributed by atoms with E-state index in [1.807, 2.05) is 6.07 Å². The molecule has 3 nitrogen and oxygen atoms in total. The maximum absolute atomic E-state index is 10.0. The number of phenols is 2. The van der Waals surface area contributed by atoms with Gasteiger partial charge < -0.3 is 14.9 Å².